The summed E-state index contributed by atoms with van der Waals surface area (Å²) >= 11 is 1.29. The predicted molar refractivity (Wildman–Crippen MR) is 117 cm³/mol. The second-order valence-electron chi connectivity index (χ2n) is 6.97. The Labute approximate surface area is 187 Å². The molecule has 32 heavy (non-hydrogen) atoms. The Bertz CT molecular complexity index is 1170. The molecule has 2 heterocycles. The highest BCUT2D eigenvalue weighted by Crippen LogP contribution is 2.36. The van der Waals surface area contributed by atoms with Gasteiger partial charge in [-0.05, 0) is 53.6 Å². The lowest BCUT2D eigenvalue weighted by Crippen LogP contribution is -2.24. The zero-order valence-corrected chi connectivity index (χ0v) is 17.7. The maximum atomic E-state index is 13.4. The summed E-state index contributed by atoms with van der Waals surface area (Å²) in [6.45, 7) is 0.364. The summed E-state index contributed by atoms with van der Waals surface area (Å²) in [6, 6.07) is 15.6. The van der Waals surface area contributed by atoms with E-state index in [-0.39, 0.29) is 29.2 Å². The van der Waals surface area contributed by atoms with Gasteiger partial charge in [-0.15, -0.1) is 5.10 Å². The van der Waals surface area contributed by atoms with E-state index < -0.39 is 0 Å². The van der Waals surface area contributed by atoms with Crippen molar-refractivity contribution < 1.29 is 13.6 Å². The van der Waals surface area contributed by atoms with Crippen molar-refractivity contribution in [2.45, 2.75) is 23.4 Å². The van der Waals surface area contributed by atoms with E-state index in [0.29, 0.717) is 23.1 Å². The first-order valence-corrected chi connectivity index (χ1v) is 10.7. The van der Waals surface area contributed by atoms with E-state index >= 15 is 0 Å². The molecule has 1 atom stereocenters. The number of carbonyl (C=O) groups is 1. The Morgan fingerprint density at radius 1 is 1.03 bits per heavy atom. The van der Waals surface area contributed by atoms with Crippen LogP contribution in [-0.2, 0) is 11.3 Å². The molecule has 0 aliphatic heterocycles. The van der Waals surface area contributed by atoms with E-state index in [2.05, 4.69) is 25.5 Å². The Hall–Kier alpha value is -3.59. The second kappa shape index (κ2) is 10.1. The molecule has 2 aromatic carbocycles. The number of benzene rings is 2. The molecule has 0 bridgehead atoms. The van der Waals surface area contributed by atoms with Gasteiger partial charge in [0.15, 0.2) is 5.82 Å². The molecule has 0 saturated carbocycles. The highest BCUT2D eigenvalue weighted by atomic mass is 32.2. The summed E-state index contributed by atoms with van der Waals surface area (Å²) in [5.41, 5.74) is 2.36. The summed E-state index contributed by atoms with van der Waals surface area (Å²) < 4.78 is 26.6. The van der Waals surface area contributed by atoms with Gasteiger partial charge in [0.25, 0.3) is 0 Å². The third-order valence-corrected chi connectivity index (χ3v) is 5.77. The molecular weight excluding hydrogens is 432 g/mol. The molecular formula is C23H19F2N5OS. The van der Waals surface area contributed by atoms with Crippen LogP contribution in [0, 0.1) is 11.6 Å². The Morgan fingerprint density at radius 3 is 2.44 bits per heavy atom. The molecule has 0 unspecified atom stereocenters. The molecule has 1 amide bonds. The molecule has 4 aromatic rings. The van der Waals surface area contributed by atoms with Gasteiger partial charge in [0.2, 0.25) is 11.1 Å². The lowest BCUT2D eigenvalue weighted by atomic mass is 10.1. The molecule has 2 aromatic heterocycles. The van der Waals surface area contributed by atoms with E-state index in [9.17, 15) is 13.6 Å². The number of hydrogen-bond donors (Lipinski definition) is 2. The number of rotatable bonds is 8. The van der Waals surface area contributed by atoms with Crippen molar-refractivity contribution in [3.8, 4) is 11.4 Å². The number of H-pyrrole nitrogens is 1. The maximum absolute atomic E-state index is 13.4. The Morgan fingerprint density at radius 2 is 1.75 bits per heavy atom. The van der Waals surface area contributed by atoms with Gasteiger partial charge in [-0.1, -0.05) is 30.0 Å². The van der Waals surface area contributed by atoms with Crippen molar-refractivity contribution in [2.24, 2.45) is 0 Å². The maximum Gasteiger partial charge on any atom is 0.221 e. The fourth-order valence-corrected chi connectivity index (χ4v) is 4.04. The van der Waals surface area contributed by atoms with E-state index in [4.69, 9.17) is 0 Å². The lowest BCUT2D eigenvalue weighted by Gasteiger charge is -2.15. The van der Waals surface area contributed by atoms with Crippen LogP contribution in [-0.4, -0.2) is 26.1 Å². The van der Waals surface area contributed by atoms with Crippen LogP contribution in [0.4, 0.5) is 8.78 Å². The largest absolute Gasteiger partial charge is 0.352 e. The van der Waals surface area contributed by atoms with Crippen LogP contribution in [0.2, 0.25) is 0 Å². The standard InChI is InChI=1S/C23H19F2N5OS/c24-18-7-3-16(4-8-18)20(12-21(31)27-14-15-2-1-11-26-13-15)32-23-28-22(29-30-23)17-5-9-19(25)10-6-17/h1-11,13,20H,12,14H2,(H,27,31)(H,28,29,30)/t20-/m1/s1. The van der Waals surface area contributed by atoms with Gasteiger partial charge in [-0.2, -0.15) is 0 Å². The Kier molecular flexibility index (Phi) is 6.86. The molecule has 6 nitrogen and oxygen atoms in total. The van der Waals surface area contributed by atoms with E-state index in [1.807, 2.05) is 6.07 Å². The molecule has 0 fully saturated rings. The zero-order chi connectivity index (χ0) is 22.3. The number of thioether (sulfide) groups is 1. The summed E-state index contributed by atoms with van der Waals surface area (Å²) in [6.07, 6.45) is 3.51. The topological polar surface area (TPSA) is 83.6 Å². The molecule has 0 aliphatic rings. The minimum atomic E-state index is -0.352. The van der Waals surface area contributed by atoms with Crippen LogP contribution in [0.5, 0.6) is 0 Å². The quantitative estimate of drug-likeness (QED) is 0.380. The van der Waals surface area contributed by atoms with Gasteiger partial charge in [0.05, 0.1) is 0 Å². The molecule has 162 valence electrons. The van der Waals surface area contributed by atoms with Crippen LogP contribution >= 0.6 is 11.8 Å². The first-order chi connectivity index (χ1) is 15.6. The monoisotopic (exact) mass is 451 g/mol. The van der Waals surface area contributed by atoms with Crippen LogP contribution in [0.15, 0.2) is 78.2 Å². The number of aromatic nitrogens is 4. The van der Waals surface area contributed by atoms with Crippen molar-refractivity contribution in [3.05, 3.63) is 95.8 Å². The number of nitrogens with zero attached hydrogens (tertiary/aromatic N) is 3. The number of amides is 1. The molecule has 0 spiro atoms. The average molecular weight is 452 g/mol. The molecule has 2 N–H and O–H groups in total. The van der Waals surface area contributed by atoms with Crippen molar-refractivity contribution in [1.82, 2.24) is 25.5 Å². The third kappa shape index (κ3) is 5.76. The minimum Gasteiger partial charge on any atom is -0.352 e. The summed E-state index contributed by atoms with van der Waals surface area (Å²) in [5.74, 6) is -0.358. The van der Waals surface area contributed by atoms with Crippen LogP contribution in [0.3, 0.4) is 0 Å². The number of pyridine rings is 1. The fraction of sp³-hybridized carbons (Fsp3) is 0.130. The van der Waals surface area contributed by atoms with Gasteiger partial charge < -0.3 is 5.32 Å². The average Bonchev–Trinajstić information content (AvgIpc) is 3.27. The third-order valence-electron chi connectivity index (χ3n) is 4.66. The second-order valence-corrected chi connectivity index (χ2v) is 8.14. The number of aromatic amines is 1. The van der Waals surface area contributed by atoms with Crippen LogP contribution in [0.1, 0.15) is 22.8 Å². The fourth-order valence-electron chi connectivity index (χ4n) is 3.01. The minimum absolute atomic E-state index is 0.150. The Balaban J connectivity index is 1.48. The smallest absolute Gasteiger partial charge is 0.221 e. The summed E-state index contributed by atoms with van der Waals surface area (Å²) in [5, 5.41) is 10.0. The van der Waals surface area contributed by atoms with Crippen LogP contribution < -0.4 is 5.32 Å². The zero-order valence-electron chi connectivity index (χ0n) is 16.8. The van der Waals surface area contributed by atoms with Gasteiger partial charge in [-0.25, -0.2) is 13.8 Å². The number of halogens is 2. The van der Waals surface area contributed by atoms with E-state index in [1.54, 1.807) is 42.7 Å². The first kappa shape index (κ1) is 21.6. The molecule has 9 heteroatoms. The van der Waals surface area contributed by atoms with Crippen molar-refractivity contribution in [2.75, 3.05) is 0 Å². The summed E-state index contributed by atoms with van der Waals surface area (Å²) in [7, 11) is 0. The van der Waals surface area contributed by atoms with Gasteiger partial charge in [0.1, 0.15) is 11.6 Å². The number of carbonyl (C=O) groups excluding carboxylic acids is 1. The van der Waals surface area contributed by atoms with E-state index in [1.165, 1.54) is 36.0 Å². The van der Waals surface area contributed by atoms with Gasteiger partial charge in [-0.3, -0.25) is 14.9 Å². The highest BCUT2D eigenvalue weighted by molar-refractivity contribution is 7.99. The lowest BCUT2D eigenvalue weighted by molar-refractivity contribution is -0.121. The SMILES string of the molecule is O=C(C[C@@H](Sc1n[nH]c(-c2ccc(F)cc2)n1)c1ccc(F)cc1)NCc1cccnc1. The highest BCUT2D eigenvalue weighted by Gasteiger charge is 2.20. The van der Waals surface area contributed by atoms with Gasteiger partial charge >= 0.3 is 0 Å². The van der Waals surface area contributed by atoms with Crippen LogP contribution in [0.25, 0.3) is 11.4 Å². The normalized spacial score (nSPS) is 11.8. The molecule has 0 saturated heterocycles. The molecule has 4 rings (SSSR count). The predicted octanol–water partition coefficient (Wildman–Crippen LogP) is 4.68. The van der Waals surface area contributed by atoms with Crippen molar-refractivity contribution in [3.63, 3.8) is 0 Å². The molecule has 0 aliphatic carbocycles. The number of nitrogens with one attached hydrogen (secondary N) is 2. The van der Waals surface area contributed by atoms with Gasteiger partial charge in [0, 0.05) is 36.2 Å². The molecule has 0 radical (unpaired) electrons. The summed E-state index contributed by atoms with van der Waals surface area (Å²) in [4.78, 5) is 21.1. The van der Waals surface area contributed by atoms with Crippen molar-refractivity contribution >= 4 is 17.7 Å². The van der Waals surface area contributed by atoms with E-state index in [0.717, 1.165) is 11.1 Å². The first-order valence-electron chi connectivity index (χ1n) is 9.83. The van der Waals surface area contributed by atoms with Crippen molar-refractivity contribution in [1.29, 1.82) is 0 Å². The number of hydrogen-bond acceptors (Lipinski definition) is 5.